The van der Waals surface area contributed by atoms with E-state index in [1.54, 1.807) is 19.2 Å². The molecular formula is C13H17N3O2. The summed E-state index contributed by atoms with van der Waals surface area (Å²) in [7, 11) is 0. The standard InChI is InChI=1S/C13H17N3O2/c1-3-5-6-7-8-9-16-12(14)11(10-15-16)13(17)18-4-2/h3,5-10H,4,14H2,1-2H3/b5-3-,7-6-,9-8+. The normalized spacial score (nSPS) is 11.9. The van der Waals surface area contributed by atoms with Crippen LogP contribution in [0.15, 0.2) is 36.6 Å². The van der Waals surface area contributed by atoms with Gasteiger partial charge in [0.15, 0.2) is 0 Å². The van der Waals surface area contributed by atoms with Gasteiger partial charge in [-0.05, 0) is 19.9 Å². The van der Waals surface area contributed by atoms with Crippen LogP contribution in [0.25, 0.3) is 6.20 Å². The minimum Gasteiger partial charge on any atom is -0.462 e. The number of ether oxygens (including phenoxy) is 1. The van der Waals surface area contributed by atoms with E-state index in [-0.39, 0.29) is 11.4 Å². The number of nitrogens with zero attached hydrogens (tertiary/aromatic N) is 2. The molecule has 0 aliphatic carbocycles. The lowest BCUT2D eigenvalue weighted by molar-refractivity contribution is 0.0527. The van der Waals surface area contributed by atoms with Gasteiger partial charge in [-0.1, -0.05) is 24.3 Å². The van der Waals surface area contributed by atoms with Gasteiger partial charge >= 0.3 is 5.97 Å². The monoisotopic (exact) mass is 247 g/mol. The predicted octanol–water partition coefficient (Wildman–Crippen LogP) is 2.25. The van der Waals surface area contributed by atoms with Crippen LogP contribution in [0.4, 0.5) is 5.82 Å². The molecule has 0 bridgehead atoms. The first-order valence-electron chi connectivity index (χ1n) is 5.67. The molecule has 0 aromatic carbocycles. The van der Waals surface area contributed by atoms with E-state index < -0.39 is 5.97 Å². The highest BCUT2D eigenvalue weighted by Gasteiger charge is 2.14. The van der Waals surface area contributed by atoms with Crippen molar-refractivity contribution in [1.29, 1.82) is 0 Å². The first-order chi connectivity index (χ1) is 8.70. The first-order valence-corrected chi connectivity index (χ1v) is 5.67. The molecule has 2 N–H and O–H groups in total. The summed E-state index contributed by atoms with van der Waals surface area (Å²) in [5, 5.41) is 3.99. The zero-order chi connectivity index (χ0) is 13.4. The van der Waals surface area contributed by atoms with E-state index in [9.17, 15) is 4.79 Å². The Morgan fingerprint density at radius 2 is 2.17 bits per heavy atom. The van der Waals surface area contributed by atoms with Crippen molar-refractivity contribution < 1.29 is 9.53 Å². The molecule has 1 aromatic rings. The number of rotatable bonds is 5. The lowest BCUT2D eigenvalue weighted by atomic mass is 10.3. The lowest BCUT2D eigenvalue weighted by Crippen LogP contribution is -2.07. The van der Waals surface area contributed by atoms with Crippen LogP contribution in [-0.4, -0.2) is 22.4 Å². The molecule has 1 rings (SSSR count). The molecule has 5 nitrogen and oxygen atoms in total. The smallest absolute Gasteiger partial charge is 0.343 e. The number of hydrogen-bond acceptors (Lipinski definition) is 4. The number of hydrogen-bond donors (Lipinski definition) is 1. The van der Waals surface area contributed by atoms with Crippen LogP contribution >= 0.6 is 0 Å². The maximum atomic E-state index is 11.5. The van der Waals surface area contributed by atoms with Crippen molar-refractivity contribution in [3.63, 3.8) is 0 Å². The second kappa shape index (κ2) is 7.11. The Bertz CT molecular complexity index is 484. The van der Waals surface area contributed by atoms with E-state index in [1.807, 2.05) is 31.2 Å². The molecule has 0 saturated carbocycles. The highest BCUT2D eigenvalue weighted by molar-refractivity contribution is 5.94. The Morgan fingerprint density at radius 1 is 1.44 bits per heavy atom. The molecule has 0 aliphatic heterocycles. The number of esters is 1. The molecular weight excluding hydrogens is 230 g/mol. The summed E-state index contributed by atoms with van der Waals surface area (Å²) >= 11 is 0. The van der Waals surface area contributed by atoms with Gasteiger partial charge < -0.3 is 10.5 Å². The predicted molar refractivity (Wildman–Crippen MR) is 71.9 cm³/mol. The van der Waals surface area contributed by atoms with Gasteiger partial charge in [0.25, 0.3) is 0 Å². The third-order valence-electron chi connectivity index (χ3n) is 2.08. The fourth-order valence-electron chi connectivity index (χ4n) is 1.23. The average Bonchev–Trinajstić information content (AvgIpc) is 2.71. The van der Waals surface area contributed by atoms with Crippen molar-refractivity contribution in [2.45, 2.75) is 13.8 Å². The van der Waals surface area contributed by atoms with Gasteiger partial charge in [-0.25, -0.2) is 9.48 Å². The van der Waals surface area contributed by atoms with E-state index in [0.29, 0.717) is 6.61 Å². The summed E-state index contributed by atoms with van der Waals surface area (Å²) in [4.78, 5) is 11.5. The number of anilines is 1. The van der Waals surface area contributed by atoms with Crippen LogP contribution in [0.3, 0.4) is 0 Å². The van der Waals surface area contributed by atoms with Crippen molar-refractivity contribution in [3.05, 3.63) is 42.1 Å². The number of aromatic nitrogens is 2. The van der Waals surface area contributed by atoms with Crippen LogP contribution in [0, 0.1) is 0 Å². The van der Waals surface area contributed by atoms with Crippen LogP contribution in [0.2, 0.25) is 0 Å². The summed E-state index contributed by atoms with van der Waals surface area (Å²) < 4.78 is 6.28. The number of carbonyl (C=O) groups is 1. The van der Waals surface area contributed by atoms with Gasteiger partial charge in [-0.3, -0.25) is 0 Å². The molecule has 0 fully saturated rings. The maximum absolute atomic E-state index is 11.5. The van der Waals surface area contributed by atoms with Crippen LogP contribution in [-0.2, 0) is 4.74 Å². The summed E-state index contributed by atoms with van der Waals surface area (Å²) in [5.41, 5.74) is 6.06. The highest BCUT2D eigenvalue weighted by atomic mass is 16.5. The van der Waals surface area contributed by atoms with Crippen molar-refractivity contribution in [2.75, 3.05) is 12.3 Å². The van der Waals surface area contributed by atoms with Gasteiger partial charge in [-0.15, -0.1) is 0 Å². The van der Waals surface area contributed by atoms with E-state index >= 15 is 0 Å². The van der Waals surface area contributed by atoms with Gasteiger partial charge in [0.2, 0.25) is 0 Å². The molecule has 0 aliphatic rings. The largest absolute Gasteiger partial charge is 0.462 e. The minimum absolute atomic E-state index is 0.268. The SMILES string of the molecule is C\C=C/C=C\C=C\n1ncc(C(=O)OCC)c1N. The molecule has 1 heterocycles. The third-order valence-corrected chi connectivity index (χ3v) is 2.08. The molecule has 0 spiro atoms. The fourth-order valence-corrected chi connectivity index (χ4v) is 1.23. The Balaban J connectivity index is 2.77. The minimum atomic E-state index is -0.459. The summed E-state index contributed by atoms with van der Waals surface area (Å²) in [5.74, 6) is -0.191. The van der Waals surface area contributed by atoms with Gasteiger partial charge in [0.1, 0.15) is 11.4 Å². The van der Waals surface area contributed by atoms with Crippen molar-refractivity contribution in [3.8, 4) is 0 Å². The fraction of sp³-hybridized carbons (Fsp3) is 0.231. The molecule has 18 heavy (non-hydrogen) atoms. The Kier molecular flexibility index (Phi) is 5.44. The Hall–Kier alpha value is -2.30. The molecule has 96 valence electrons. The zero-order valence-electron chi connectivity index (χ0n) is 10.5. The molecule has 1 aromatic heterocycles. The van der Waals surface area contributed by atoms with Crippen LogP contribution in [0.5, 0.6) is 0 Å². The van der Waals surface area contributed by atoms with E-state index in [0.717, 1.165) is 0 Å². The Labute approximate surface area is 106 Å². The number of carbonyl (C=O) groups excluding carboxylic acids is 1. The second-order valence-corrected chi connectivity index (χ2v) is 3.36. The molecule has 0 atom stereocenters. The van der Waals surface area contributed by atoms with Gasteiger partial charge in [0, 0.05) is 6.20 Å². The van der Waals surface area contributed by atoms with E-state index in [4.69, 9.17) is 10.5 Å². The quantitative estimate of drug-likeness (QED) is 0.640. The molecule has 0 amide bonds. The average molecular weight is 247 g/mol. The molecule has 5 heteroatoms. The van der Waals surface area contributed by atoms with E-state index in [2.05, 4.69) is 5.10 Å². The van der Waals surface area contributed by atoms with E-state index in [1.165, 1.54) is 10.9 Å². The molecule has 0 saturated heterocycles. The van der Waals surface area contributed by atoms with Crippen LogP contribution in [0.1, 0.15) is 24.2 Å². The number of nitrogen functional groups attached to an aromatic ring is 1. The zero-order valence-corrected chi connectivity index (χ0v) is 10.5. The molecule has 0 unspecified atom stereocenters. The van der Waals surface area contributed by atoms with Crippen molar-refractivity contribution in [2.24, 2.45) is 0 Å². The molecule has 0 radical (unpaired) electrons. The summed E-state index contributed by atoms with van der Waals surface area (Å²) in [6.07, 6.45) is 12.4. The highest BCUT2D eigenvalue weighted by Crippen LogP contribution is 2.12. The van der Waals surface area contributed by atoms with Gasteiger partial charge in [-0.2, -0.15) is 5.10 Å². The second-order valence-electron chi connectivity index (χ2n) is 3.36. The van der Waals surface area contributed by atoms with Crippen molar-refractivity contribution >= 4 is 18.0 Å². The number of nitrogens with two attached hydrogens (primary N) is 1. The Morgan fingerprint density at radius 3 is 2.83 bits per heavy atom. The first kappa shape index (κ1) is 13.8. The lowest BCUT2D eigenvalue weighted by Gasteiger charge is -2.00. The summed E-state index contributed by atoms with van der Waals surface area (Å²) in [6, 6.07) is 0. The number of allylic oxidation sites excluding steroid dienone is 5. The van der Waals surface area contributed by atoms with Gasteiger partial charge in [0.05, 0.1) is 12.8 Å². The maximum Gasteiger partial charge on any atom is 0.343 e. The van der Waals surface area contributed by atoms with Crippen LogP contribution < -0.4 is 5.73 Å². The summed E-state index contributed by atoms with van der Waals surface area (Å²) in [6.45, 7) is 3.99. The third kappa shape index (κ3) is 3.62. The topological polar surface area (TPSA) is 70.1 Å². The van der Waals surface area contributed by atoms with Crippen molar-refractivity contribution in [1.82, 2.24) is 9.78 Å².